The van der Waals surface area contributed by atoms with Crippen LogP contribution in [0.2, 0.25) is 5.02 Å². The van der Waals surface area contributed by atoms with Crippen LogP contribution in [-0.4, -0.2) is 36.1 Å². The SMILES string of the molecule is Cc1ccc(Cl)cc1Nc1ncnc(N2CCN(c3ccc(F)cc3)CC2)c1N. The van der Waals surface area contributed by atoms with Gasteiger partial charge in [0.25, 0.3) is 0 Å². The van der Waals surface area contributed by atoms with Crippen molar-refractivity contribution in [3.63, 3.8) is 0 Å². The Bertz CT molecular complexity index is 1000. The summed E-state index contributed by atoms with van der Waals surface area (Å²) in [6, 6.07) is 12.2. The Hall–Kier alpha value is -3.06. The molecule has 1 aromatic heterocycles. The molecule has 1 aliphatic heterocycles. The molecule has 2 heterocycles. The number of aryl methyl sites for hydroxylation is 1. The molecule has 3 aromatic rings. The molecule has 0 saturated carbocycles. The van der Waals surface area contributed by atoms with Gasteiger partial charge >= 0.3 is 0 Å². The topological polar surface area (TPSA) is 70.3 Å². The molecule has 29 heavy (non-hydrogen) atoms. The van der Waals surface area contributed by atoms with E-state index in [1.54, 1.807) is 12.1 Å². The molecule has 0 aliphatic carbocycles. The Kier molecular flexibility index (Phi) is 5.40. The van der Waals surface area contributed by atoms with E-state index in [-0.39, 0.29) is 5.82 Å². The number of piperazine rings is 1. The summed E-state index contributed by atoms with van der Waals surface area (Å²) >= 11 is 6.11. The maximum Gasteiger partial charge on any atom is 0.159 e. The number of hydrogen-bond donors (Lipinski definition) is 2. The van der Waals surface area contributed by atoms with Gasteiger partial charge in [-0.1, -0.05) is 17.7 Å². The number of benzene rings is 2. The number of aromatic nitrogens is 2. The Labute approximate surface area is 174 Å². The maximum absolute atomic E-state index is 13.2. The average Bonchev–Trinajstić information content (AvgIpc) is 2.73. The Morgan fingerprint density at radius 2 is 1.69 bits per heavy atom. The van der Waals surface area contributed by atoms with E-state index in [1.165, 1.54) is 18.5 Å². The average molecular weight is 413 g/mol. The van der Waals surface area contributed by atoms with Crippen LogP contribution in [0, 0.1) is 12.7 Å². The summed E-state index contributed by atoms with van der Waals surface area (Å²) in [7, 11) is 0. The monoisotopic (exact) mass is 412 g/mol. The second-order valence-corrected chi connectivity index (χ2v) is 7.43. The van der Waals surface area contributed by atoms with E-state index in [1.807, 2.05) is 25.1 Å². The molecule has 0 spiro atoms. The second-order valence-electron chi connectivity index (χ2n) is 6.99. The molecule has 0 atom stereocenters. The van der Waals surface area contributed by atoms with Crippen molar-refractivity contribution in [2.45, 2.75) is 6.92 Å². The van der Waals surface area contributed by atoms with Crippen LogP contribution in [0.25, 0.3) is 0 Å². The molecule has 0 amide bonds. The van der Waals surface area contributed by atoms with Crippen molar-refractivity contribution in [1.29, 1.82) is 0 Å². The first kappa shape index (κ1) is 19.3. The summed E-state index contributed by atoms with van der Waals surface area (Å²) in [4.78, 5) is 13.1. The molecule has 6 nitrogen and oxygen atoms in total. The van der Waals surface area contributed by atoms with Gasteiger partial charge in [-0.05, 0) is 48.9 Å². The third-order valence-electron chi connectivity index (χ3n) is 5.09. The van der Waals surface area contributed by atoms with Crippen molar-refractivity contribution >= 4 is 40.3 Å². The van der Waals surface area contributed by atoms with Crippen molar-refractivity contribution in [2.75, 3.05) is 47.0 Å². The van der Waals surface area contributed by atoms with Crippen molar-refractivity contribution in [1.82, 2.24) is 9.97 Å². The molecule has 8 heteroatoms. The Morgan fingerprint density at radius 1 is 1.00 bits per heavy atom. The fourth-order valence-electron chi connectivity index (χ4n) is 3.42. The molecule has 1 saturated heterocycles. The minimum Gasteiger partial charge on any atom is -0.393 e. The van der Waals surface area contributed by atoms with Gasteiger partial charge in [0.05, 0.1) is 0 Å². The van der Waals surface area contributed by atoms with Gasteiger partial charge < -0.3 is 20.9 Å². The van der Waals surface area contributed by atoms with Gasteiger partial charge in [0.1, 0.15) is 17.8 Å². The molecule has 0 unspecified atom stereocenters. The van der Waals surface area contributed by atoms with Gasteiger partial charge in [-0.15, -0.1) is 0 Å². The van der Waals surface area contributed by atoms with Gasteiger partial charge in [0.2, 0.25) is 0 Å². The van der Waals surface area contributed by atoms with Crippen molar-refractivity contribution < 1.29 is 4.39 Å². The summed E-state index contributed by atoms with van der Waals surface area (Å²) in [5.74, 6) is 1.04. The summed E-state index contributed by atoms with van der Waals surface area (Å²) in [5, 5.41) is 3.91. The van der Waals surface area contributed by atoms with Gasteiger partial charge in [-0.25, -0.2) is 14.4 Å². The van der Waals surface area contributed by atoms with Crippen LogP contribution in [-0.2, 0) is 0 Å². The van der Waals surface area contributed by atoms with Crippen molar-refractivity contribution in [3.05, 3.63) is 65.2 Å². The minimum atomic E-state index is -0.226. The highest BCUT2D eigenvalue weighted by Gasteiger charge is 2.21. The highest BCUT2D eigenvalue weighted by atomic mass is 35.5. The summed E-state index contributed by atoms with van der Waals surface area (Å²) in [6.45, 7) is 5.10. The molecule has 0 bridgehead atoms. The quantitative estimate of drug-likeness (QED) is 0.668. The number of hydrogen-bond acceptors (Lipinski definition) is 6. The van der Waals surface area contributed by atoms with Crippen LogP contribution in [0.1, 0.15) is 5.56 Å². The lowest BCUT2D eigenvalue weighted by Gasteiger charge is -2.37. The number of anilines is 5. The largest absolute Gasteiger partial charge is 0.393 e. The molecule has 1 fully saturated rings. The fraction of sp³-hybridized carbons (Fsp3) is 0.238. The lowest BCUT2D eigenvalue weighted by atomic mass is 10.2. The van der Waals surface area contributed by atoms with Crippen LogP contribution in [0.3, 0.4) is 0 Å². The first-order valence-electron chi connectivity index (χ1n) is 9.40. The zero-order chi connectivity index (χ0) is 20.4. The zero-order valence-electron chi connectivity index (χ0n) is 16.1. The maximum atomic E-state index is 13.2. The van der Waals surface area contributed by atoms with Gasteiger partial charge in [0, 0.05) is 42.6 Å². The molecule has 150 valence electrons. The van der Waals surface area contributed by atoms with Gasteiger partial charge in [0.15, 0.2) is 11.6 Å². The third-order valence-corrected chi connectivity index (χ3v) is 5.32. The Morgan fingerprint density at radius 3 is 2.41 bits per heavy atom. The number of nitrogens with zero attached hydrogens (tertiary/aromatic N) is 4. The highest BCUT2D eigenvalue weighted by molar-refractivity contribution is 6.30. The smallest absolute Gasteiger partial charge is 0.159 e. The summed E-state index contributed by atoms with van der Waals surface area (Å²) in [6.07, 6.45) is 1.51. The van der Waals surface area contributed by atoms with Crippen molar-refractivity contribution in [2.24, 2.45) is 0 Å². The number of nitrogen functional groups attached to an aromatic ring is 1. The highest BCUT2D eigenvalue weighted by Crippen LogP contribution is 2.31. The molecular formula is C21H22ClFN6. The molecule has 1 aliphatic rings. The zero-order valence-corrected chi connectivity index (χ0v) is 16.8. The number of halogens is 2. The van der Waals surface area contributed by atoms with E-state index < -0.39 is 0 Å². The molecule has 0 radical (unpaired) electrons. The number of nitrogens with two attached hydrogens (primary N) is 1. The van der Waals surface area contributed by atoms with Crippen LogP contribution in [0.5, 0.6) is 0 Å². The molecule has 3 N–H and O–H groups in total. The molecular weight excluding hydrogens is 391 g/mol. The van der Waals surface area contributed by atoms with Crippen LogP contribution in [0.4, 0.5) is 33.1 Å². The van der Waals surface area contributed by atoms with Gasteiger partial charge in [-0.2, -0.15) is 0 Å². The lowest BCUT2D eigenvalue weighted by Crippen LogP contribution is -2.47. The van der Waals surface area contributed by atoms with Gasteiger partial charge in [-0.3, -0.25) is 0 Å². The molecule has 4 rings (SSSR count). The van der Waals surface area contributed by atoms with E-state index in [9.17, 15) is 4.39 Å². The predicted molar refractivity (Wildman–Crippen MR) is 117 cm³/mol. The van der Waals surface area contributed by atoms with Crippen molar-refractivity contribution in [3.8, 4) is 0 Å². The first-order valence-corrected chi connectivity index (χ1v) is 9.78. The van der Waals surface area contributed by atoms with E-state index in [4.69, 9.17) is 17.3 Å². The number of rotatable bonds is 4. The minimum absolute atomic E-state index is 0.226. The molecule has 2 aromatic carbocycles. The lowest BCUT2D eigenvalue weighted by molar-refractivity contribution is 0.624. The normalized spacial score (nSPS) is 14.2. The standard InChI is InChI=1S/C21H22ClFN6/c1-14-2-3-15(22)12-18(14)27-20-19(24)21(26-13-25-20)29-10-8-28(9-11-29)17-6-4-16(23)5-7-17/h2-7,12-13H,8-11,24H2,1H3,(H,25,26,27). The van der Waals surface area contributed by atoms with E-state index in [0.717, 1.165) is 43.1 Å². The summed E-state index contributed by atoms with van der Waals surface area (Å²) in [5.41, 5.74) is 9.81. The number of nitrogens with one attached hydrogen (secondary N) is 1. The first-order chi connectivity index (χ1) is 14.0. The predicted octanol–water partition coefficient (Wildman–Crippen LogP) is 4.23. The van der Waals surface area contributed by atoms with E-state index in [0.29, 0.717) is 22.3 Å². The summed E-state index contributed by atoms with van der Waals surface area (Å²) < 4.78 is 13.2. The van der Waals surface area contributed by atoms with E-state index in [2.05, 4.69) is 25.1 Å². The Balaban J connectivity index is 1.49. The van der Waals surface area contributed by atoms with Crippen LogP contribution >= 0.6 is 11.6 Å². The fourth-order valence-corrected chi connectivity index (χ4v) is 3.59. The second kappa shape index (κ2) is 8.13. The van der Waals surface area contributed by atoms with Crippen LogP contribution in [0.15, 0.2) is 48.8 Å². The third kappa shape index (κ3) is 4.19. The van der Waals surface area contributed by atoms with E-state index >= 15 is 0 Å². The van der Waals surface area contributed by atoms with Crippen LogP contribution < -0.4 is 20.9 Å².